The Hall–Kier alpha value is -2.47. The van der Waals surface area contributed by atoms with Crippen molar-refractivity contribution in [3.05, 3.63) is 10.4 Å². The minimum Gasteiger partial charge on any atom is -0.481 e. The van der Waals surface area contributed by atoms with E-state index in [1.54, 1.807) is 14.0 Å². The lowest BCUT2D eigenvalue weighted by atomic mass is 10.1. The second-order valence-electron chi connectivity index (χ2n) is 6.09. The molecule has 1 aliphatic heterocycles. The number of aromatic nitrogens is 4. The number of fused-ring (bicyclic) bond motifs is 1. The number of rotatable bonds is 5. The zero-order valence-electron chi connectivity index (χ0n) is 14.9. The van der Waals surface area contributed by atoms with Gasteiger partial charge in [0.1, 0.15) is 0 Å². The molecule has 2 aromatic heterocycles. The van der Waals surface area contributed by atoms with E-state index in [4.69, 9.17) is 5.11 Å². The molecule has 0 aliphatic carbocycles. The van der Waals surface area contributed by atoms with E-state index in [9.17, 15) is 9.59 Å². The van der Waals surface area contributed by atoms with Crippen molar-refractivity contribution in [2.75, 3.05) is 23.7 Å². The molecule has 0 amide bonds. The number of hydrogen-bond acceptors (Lipinski definition) is 6. The van der Waals surface area contributed by atoms with Crippen LogP contribution >= 0.6 is 11.8 Å². The Balaban J connectivity index is 2.14. The first-order chi connectivity index (χ1) is 12.5. The molecule has 0 unspecified atom stereocenters. The molecule has 0 bridgehead atoms. The molecular weight excluding hydrogens is 354 g/mol. The quantitative estimate of drug-likeness (QED) is 0.478. The number of thioether (sulfide) groups is 1. The van der Waals surface area contributed by atoms with Crippen molar-refractivity contribution in [2.45, 2.75) is 37.9 Å². The summed E-state index contributed by atoms with van der Waals surface area (Å²) in [6.07, 6.45) is 3.38. The highest BCUT2D eigenvalue weighted by Gasteiger charge is 2.23. The van der Waals surface area contributed by atoms with Crippen LogP contribution in [0.1, 0.15) is 26.2 Å². The number of anilines is 1. The molecule has 0 saturated carbocycles. The fourth-order valence-corrected chi connectivity index (χ4v) is 3.71. The second-order valence-corrected chi connectivity index (χ2v) is 7.03. The second kappa shape index (κ2) is 7.83. The summed E-state index contributed by atoms with van der Waals surface area (Å²) >= 11 is 1.01. The molecule has 1 fully saturated rings. The van der Waals surface area contributed by atoms with E-state index in [0.29, 0.717) is 28.8 Å². The molecule has 0 aromatic carbocycles. The third-order valence-electron chi connectivity index (χ3n) is 4.30. The van der Waals surface area contributed by atoms with Gasteiger partial charge in [0.05, 0.1) is 12.3 Å². The molecular formula is C17H21N5O3S. The first-order valence-corrected chi connectivity index (χ1v) is 9.48. The summed E-state index contributed by atoms with van der Waals surface area (Å²) in [5, 5.41) is 9.23. The van der Waals surface area contributed by atoms with Gasteiger partial charge in [-0.2, -0.15) is 4.98 Å². The molecule has 0 atom stereocenters. The molecule has 8 nitrogen and oxygen atoms in total. The Labute approximate surface area is 155 Å². The van der Waals surface area contributed by atoms with E-state index in [1.165, 1.54) is 11.0 Å². The Morgan fingerprint density at radius 2 is 2.00 bits per heavy atom. The van der Waals surface area contributed by atoms with Gasteiger partial charge in [-0.1, -0.05) is 17.7 Å². The van der Waals surface area contributed by atoms with Gasteiger partial charge < -0.3 is 10.0 Å². The summed E-state index contributed by atoms with van der Waals surface area (Å²) in [6.45, 7) is 3.92. The number of carboxylic acid groups (broad SMARTS) is 1. The highest BCUT2D eigenvalue weighted by molar-refractivity contribution is 7.99. The van der Waals surface area contributed by atoms with E-state index in [0.717, 1.165) is 37.7 Å². The van der Waals surface area contributed by atoms with Gasteiger partial charge >= 0.3 is 5.97 Å². The number of carbonyl (C=O) groups is 1. The summed E-state index contributed by atoms with van der Waals surface area (Å²) in [5.74, 6) is 5.47. The van der Waals surface area contributed by atoms with E-state index < -0.39 is 5.97 Å². The number of carboxylic acids is 1. The maximum absolute atomic E-state index is 12.9. The predicted octanol–water partition coefficient (Wildman–Crippen LogP) is 1.32. The largest absolute Gasteiger partial charge is 0.481 e. The minimum atomic E-state index is -0.956. The summed E-state index contributed by atoms with van der Waals surface area (Å²) in [7, 11) is 1.60. The van der Waals surface area contributed by atoms with Crippen LogP contribution in [0, 0.1) is 11.8 Å². The Morgan fingerprint density at radius 3 is 2.65 bits per heavy atom. The van der Waals surface area contributed by atoms with Crippen molar-refractivity contribution in [1.82, 2.24) is 19.1 Å². The molecule has 1 aliphatic rings. The highest BCUT2D eigenvalue weighted by atomic mass is 32.2. The van der Waals surface area contributed by atoms with Gasteiger partial charge in [-0.3, -0.25) is 18.7 Å². The van der Waals surface area contributed by atoms with Crippen LogP contribution in [0.15, 0.2) is 9.95 Å². The minimum absolute atomic E-state index is 0.160. The number of hydrogen-bond donors (Lipinski definition) is 1. The van der Waals surface area contributed by atoms with Gasteiger partial charge in [0.25, 0.3) is 5.56 Å². The predicted molar refractivity (Wildman–Crippen MR) is 101 cm³/mol. The van der Waals surface area contributed by atoms with Crippen molar-refractivity contribution in [1.29, 1.82) is 0 Å². The zero-order valence-corrected chi connectivity index (χ0v) is 15.7. The van der Waals surface area contributed by atoms with Crippen molar-refractivity contribution < 1.29 is 9.90 Å². The fourth-order valence-electron chi connectivity index (χ4n) is 3.03. The lowest BCUT2D eigenvalue weighted by Gasteiger charge is -2.27. The number of aliphatic carboxylic acids is 1. The van der Waals surface area contributed by atoms with Gasteiger partial charge in [0.15, 0.2) is 16.3 Å². The number of imidazole rings is 1. The average Bonchev–Trinajstić information content (AvgIpc) is 3.00. The number of piperidine rings is 1. The van der Waals surface area contributed by atoms with Crippen molar-refractivity contribution in [3.8, 4) is 11.8 Å². The van der Waals surface area contributed by atoms with Crippen molar-refractivity contribution in [3.63, 3.8) is 0 Å². The van der Waals surface area contributed by atoms with Gasteiger partial charge in [-0.25, -0.2) is 4.98 Å². The van der Waals surface area contributed by atoms with Crippen LogP contribution in [-0.2, 0) is 18.4 Å². The Bertz CT molecular complexity index is 947. The third kappa shape index (κ3) is 3.55. The van der Waals surface area contributed by atoms with Crippen LogP contribution < -0.4 is 10.5 Å². The molecule has 2 aromatic rings. The Kier molecular flexibility index (Phi) is 5.52. The molecule has 1 saturated heterocycles. The molecule has 138 valence electrons. The molecule has 3 rings (SSSR count). The average molecular weight is 375 g/mol. The van der Waals surface area contributed by atoms with E-state index >= 15 is 0 Å². The highest BCUT2D eigenvalue weighted by Crippen LogP contribution is 2.24. The van der Waals surface area contributed by atoms with Crippen LogP contribution in [0.4, 0.5) is 5.95 Å². The van der Waals surface area contributed by atoms with Crippen molar-refractivity contribution >= 4 is 34.8 Å². The van der Waals surface area contributed by atoms with Gasteiger partial charge in [-0.05, 0) is 26.2 Å². The first kappa shape index (κ1) is 18.3. The van der Waals surface area contributed by atoms with Crippen LogP contribution in [0.25, 0.3) is 11.2 Å². The first-order valence-electron chi connectivity index (χ1n) is 8.49. The van der Waals surface area contributed by atoms with Crippen LogP contribution in [-0.4, -0.2) is 49.0 Å². The zero-order chi connectivity index (χ0) is 18.7. The third-order valence-corrected chi connectivity index (χ3v) is 5.32. The van der Waals surface area contributed by atoms with Crippen LogP contribution in [0.3, 0.4) is 0 Å². The van der Waals surface area contributed by atoms with Crippen LogP contribution in [0.2, 0.25) is 0 Å². The fraction of sp³-hybridized carbons (Fsp3) is 0.529. The molecule has 0 radical (unpaired) electrons. The smallest absolute Gasteiger partial charge is 0.313 e. The summed E-state index contributed by atoms with van der Waals surface area (Å²) < 4.78 is 3.21. The molecule has 1 N–H and O–H groups in total. The topological polar surface area (TPSA) is 93.2 Å². The van der Waals surface area contributed by atoms with Gasteiger partial charge in [-0.15, -0.1) is 5.92 Å². The van der Waals surface area contributed by atoms with E-state index in [2.05, 4.69) is 26.7 Å². The molecule has 26 heavy (non-hydrogen) atoms. The summed E-state index contributed by atoms with van der Waals surface area (Å²) in [5.41, 5.74) is 0.520. The monoisotopic (exact) mass is 375 g/mol. The van der Waals surface area contributed by atoms with Gasteiger partial charge in [0, 0.05) is 20.1 Å². The standard InChI is InChI=1S/C17H21N5O3S/c1-3-4-10-22-13-14(18-16(22)21-8-6-5-7-9-21)19-17(20(2)15(13)25)26-11-12(23)24/h5-11H2,1-2H3,(H,23,24). The molecule has 9 heteroatoms. The SMILES string of the molecule is CC#CCn1c(N2CCCCC2)nc2nc(SCC(=O)O)n(C)c(=O)c21. The maximum Gasteiger partial charge on any atom is 0.313 e. The lowest BCUT2D eigenvalue weighted by Crippen LogP contribution is -2.32. The van der Waals surface area contributed by atoms with E-state index in [1.807, 2.05) is 4.57 Å². The number of nitrogens with zero attached hydrogens (tertiary/aromatic N) is 5. The van der Waals surface area contributed by atoms with Gasteiger partial charge in [0.2, 0.25) is 5.95 Å². The summed E-state index contributed by atoms with van der Waals surface area (Å²) in [6, 6.07) is 0. The lowest BCUT2D eigenvalue weighted by molar-refractivity contribution is -0.133. The Morgan fingerprint density at radius 1 is 1.27 bits per heavy atom. The molecule has 0 spiro atoms. The van der Waals surface area contributed by atoms with Crippen molar-refractivity contribution in [2.24, 2.45) is 7.05 Å². The normalized spacial score (nSPS) is 14.3. The summed E-state index contributed by atoms with van der Waals surface area (Å²) in [4.78, 5) is 35.0. The molecule has 3 heterocycles. The van der Waals surface area contributed by atoms with Crippen LogP contribution in [0.5, 0.6) is 0 Å². The van der Waals surface area contributed by atoms with E-state index in [-0.39, 0.29) is 11.3 Å². The maximum atomic E-state index is 12.9.